The minimum atomic E-state index is -1.74. The standard InChI is InChI=1S/C25H35NO7/c1-14-6-9-18(28)10-8-15(2)12-21(26-23(31)17(4)27)25(5)22(30)16(3)20(33-24(25)32)13-19(29)11-7-14/h6-8,10-12,16-21,27-29H,9,13H2,1-5H3,(H,26,31)/b10-8-,11-7-,14-6-,15-12-/t16-,17+,18+,19-,20-,21-,25+/m1/s1. The molecule has 0 unspecified atom stereocenters. The van der Waals surface area contributed by atoms with E-state index in [2.05, 4.69) is 5.32 Å². The number of rotatable bonds is 2. The van der Waals surface area contributed by atoms with Crippen molar-refractivity contribution in [3.8, 4) is 0 Å². The number of aliphatic hydroxyl groups is 3. The monoisotopic (exact) mass is 461 g/mol. The first kappa shape index (κ1) is 26.7. The molecule has 0 spiro atoms. The Kier molecular flexibility index (Phi) is 8.94. The molecule has 33 heavy (non-hydrogen) atoms. The Balaban J connectivity index is 2.56. The maximum Gasteiger partial charge on any atom is 0.322 e. The summed E-state index contributed by atoms with van der Waals surface area (Å²) in [6.07, 6.45) is 6.38. The summed E-state index contributed by atoms with van der Waals surface area (Å²) < 4.78 is 5.61. The van der Waals surface area contributed by atoms with Crippen LogP contribution in [0.3, 0.4) is 0 Å². The van der Waals surface area contributed by atoms with Gasteiger partial charge in [-0.15, -0.1) is 0 Å². The van der Waals surface area contributed by atoms with Gasteiger partial charge in [0.05, 0.1) is 24.2 Å². The highest BCUT2D eigenvalue weighted by Gasteiger charge is 2.56. The van der Waals surface area contributed by atoms with E-state index >= 15 is 0 Å². The zero-order chi connectivity index (χ0) is 24.9. The summed E-state index contributed by atoms with van der Waals surface area (Å²) in [7, 11) is 0. The van der Waals surface area contributed by atoms with Crippen LogP contribution in [-0.4, -0.2) is 63.4 Å². The average Bonchev–Trinajstić information content (AvgIpc) is 2.75. The molecule has 2 heterocycles. The van der Waals surface area contributed by atoms with Gasteiger partial charge in [-0.2, -0.15) is 0 Å². The van der Waals surface area contributed by atoms with Crippen LogP contribution in [0.25, 0.3) is 0 Å². The Bertz CT molecular complexity index is 885. The summed E-state index contributed by atoms with van der Waals surface area (Å²) in [5.41, 5.74) is -0.292. The Hall–Kier alpha value is -2.55. The van der Waals surface area contributed by atoms with Crippen LogP contribution in [0.15, 0.2) is 47.6 Å². The number of ether oxygens (including phenoxy) is 1. The number of allylic oxidation sites excluding steroid dienone is 4. The van der Waals surface area contributed by atoms with Crippen molar-refractivity contribution in [3.05, 3.63) is 47.6 Å². The first-order valence-corrected chi connectivity index (χ1v) is 11.2. The predicted molar refractivity (Wildman–Crippen MR) is 123 cm³/mol. The Morgan fingerprint density at radius 1 is 1.15 bits per heavy atom. The molecule has 8 heteroatoms. The second kappa shape index (κ2) is 11.0. The van der Waals surface area contributed by atoms with E-state index in [1.165, 1.54) is 13.8 Å². The molecule has 1 amide bonds. The number of ketones is 1. The highest BCUT2D eigenvalue weighted by Crippen LogP contribution is 2.38. The zero-order valence-electron chi connectivity index (χ0n) is 19.8. The van der Waals surface area contributed by atoms with Crippen LogP contribution in [-0.2, 0) is 19.1 Å². The number of aliphatic hydroxyl groups excluding tert-OH is 3. The van der Waals surface area contributed by atoms with Gasteiger partial charge in [-0.05, 0) is 34.1 Å². The molecule has 182 valence electrons. The number of esters is 1. The molecule has 7 atom stereocenters. The number of nitrogens with one attached hydrogen (secondary N) is 1. The van der Waals surface area contributed by atoms with E-state index in [0.717, 1.165) is 5.57 Å². The maximum absolute atomic E-state index is 13.5. The summed E-state index contributed by atoms with van der Waals surface area (Å²) in [5.74, 6) is -2.70. The maximum atomic E-state index is 13.5. The SMILES string of the molecule is CC1=C/C[C@H](O)/C=C\C(C)=C/[C@@H](NC(=O)[C@H](C)O)[C@]2(C)C(=O)O[C@H](C[C@H](O)/C=C\1)[C@@H](C)C2=O. The largest absolute Gasteiger partial charge is 0.461 e. The van der Waals surface area contributed by atoms with Gasteiger partial charge in [-0.25, -0.2) is 0 Å². The van der Waals surface area contributed by atoms with Gasteiger partial charge in [0.1, 0.15) is 17.6 Å². The average molecular weight is 462 g/mol. The van der Waals surface area contributed by atoms with E-state index in [1.54, 1.807) is 44.2 Å². The second-order valence-corrected chi connectivity index (χ2v) is 9.14. The normalized spacial score (nSPS) is 39.8. The molecule has 2 bridgehead atoms. The fourth-order valence-electron chi connectivity index (χ4n) is 3.88. The van der Waals surface area contributed by atoms with E-state index in [0.29, 0.717) is 12.0 Å². The number of carbonyl (C=O) groups is 3. The van der Waals surface area contributed by atoms with Gasteiger partial charge in [-0.3, -0.25) is 14.4 Å². The van der Waals surface area contributed by atoms with Crippen LogP contribution in [0.1, 0.15) is 47.5 Å². The van der Waals surface area contributed by atoms with Crippen LogP contribution in [0.5, 0.6) is 0 Å². The molecule has 0 aromatic rings. The van der Waals surface area contributed by atoms with Crippen molar-refractivity contribution in [2.45, 2.75) is 77.9 Å². The molecule has 0 radical (unpaired) electrons. The molecule has 1 aliphatic carbocycles. The van der Waals surface area contributed by atoms with Gasteiger partial charge < -0.3 is 25.4 Å². The number of hydrogen-bond donors (Lipinski definition) is 4. The Morgan fingerprint density at radius 3 is 2.39 bits per heavy atom. The molecule has 8 nitrogen and oxygen atoms in total. The van der Waals surface area contributed by atoms with E-state index < -0.39 is 59.5 Å². The van der Waals surface area contributed by atoms with Gasteiger partial charge in [0.15, 0.2) is 5.78 Å². The molecule has 1 saturated heterocycles. The first-order chi connectivity index (χ1) is 15.4. The van der Waals surface area contributed by atoms with Crippen LogP contribution in [0.4, 0.5) is 0 Å². The van der Waals surface area contributed by atoms with Crippen molar-refractivity contribution in [3.63, 3.8) is 0 Å². The molecule has 0 aromatic heterocycles. The van der Waals surface area contributed by atoms with Gasteiger partial charge in [0, 0.05) is 6.42 Å². The molecule has 0 saturated carbocycles. The van der Waals surface area contributed by atoms with Gasteiger partial charge in [0.2, 0.25) is 5.91 Å². The summed E-state index contributed by atoms with van der Waals surface area (Å²) in [5, 5.41) is 32.9. The lowest BCUT2D eigenvalue weighted by Gasteiger charge is -2.42. The van der Waals surface area contributed by atoms with Crippen LogP contribution in [0.2, 0.25) is 0 Å². The summed E-state index contributed by atoms with van der Waals surface area (Å²) >= 11 is 0. The highest BCUT2D eigenvalue weighted by atomic mass is 16.5. The third kappa shape index (κ3) is 6.50. The molecular formula is C25H35NO7. The molecule has 0 aromatic carbocycles. The minimum absolute atomic E-state index is 0.0439. The molecular weight excluding hydrogens is 426 g/mol. The Morgan fingerprint density at radius 2 is 1.76 bits per heavy atom. The second-order valence-electron chi connectivity index (χ2n) is 9.14. The topological polar surface area (TPSA) is 133 Å². The van der Waals surface area contributed by atoms with Crippen molar-refractivity contribution in [2.24, 2.45) is 11.3 Å². The van der Waals surface area contributed by atoms with Crippen LogP contribution in [0, 0.1) is 11.3 Å². The smallest absolute Gasteiger partial charge is 0.322 e. The summed E-state index contributed by atoms with van der Waals surface area (Å²) in [4.78, 5) is 38.9. The van der Waals surface area contributed by atoms with Crippen molar-refractivity contribution < 1.29 is 34.4 Å². The minimum Gasteiger partial charge on any atom is -0.461 e. The molecule has 4 N–H and O–H groups in total. The quantitative estimate of drug-likeness (QED) is 0.362. The highest BCUT2D eigenvalue weighted by molar-refractivity contribution is 6.08. The third-order valence-corrected chi connectivity index (χ3v) is 6.21. The molecule has 2 aliphatic heterocycles. The summed E-state index contributed by atoms with van der Waals surface area (Å²) in [6.45, 7) is 7.89. The van der Waals surface area contributed by atoms with E-state index in [-0.39, 0.29) is 6.42 Å². The lowest BCUT2D eigenvalue weighted by atomic mass is 9.69. The number of fused-ring (bicyclic) bond motifs is 10. The van der Waals surface area contributed by atoms with Crippen molar-refractivity contribution in [2.75, 3.05) is 0 Å². The van der Waals surface area contributed by atoms with Crippen molar-refractivity contribution in [1.29, 1.82) is 0 Å². The number of carbonyl (C=O) groups excluding carboxylic acids is 3. The van der Waals surface area contributed by atoms with Crippen molar-refractivity contribution >= 4 is 17.7 Å². The molecule has 3 aliphatic rings. The lowest BCUT2D eigenvalue weighted by molar-refractivity contribution is -0.181. The van der Waals surface area contributed by atoms with Gasteiger partial charge >= 0.3 is 5.97 Å². The number of Topliss-reactive ketones (excluding diaryl/α,β-unsaturated/α-hetero) is 1. The molecule has 3 rings (SSSR count). The predicted octanol–water partition coefficient (Wildman–Crippen LogP) is 1.51. The summed E-state index contributed by atoms with van der Waals surface area (Å²) in [6, 6.07) is -1.09. The van der Waals surface area contributed by atoms with E-state index in [1.807, 2.05) is 13.0 Å². The van der Waals surface area contributed by atoms with Crippen LogP contribution < -0.4 is 5.32 Å². The Labute approximate surface area is 194 Å². The first-order valence-electron chi connectivity index (χ1n) is 11.2. The lowest BCUT2D eigenvalue weighted by Crippen LogP contribution is -2.61. The number of amides is 1. The van der Waals surface area contributed by atoms with E-state index in [4.69, 9.17) is 4.74 Å². The fourth-order valence-corrected chi connectivity index (χ4v) is 3.88. The van der Waals surface area contributed by atoms with E-state index in [9.17, 15) is 29.7 Å². The van der Waals surface area contributed by atoms with Gasteiger partial charge in [0.25, 0.3) is 0 Å². The zero-order valence-corrected chi connectivity index (χ0v) is 19.8. The van der Waals surface area contributed by atoms with Gasteiger partial charge in [-0.1, -0.05) is 54.5 Å². The fraction of sp³-hybridized carbons (Fsp3) is 0.560. The van der Waals surface area contributed by atoms with Crippen LogP contribution >= 0.6 is 0 Å². The number of hydrogen-bond acceptors (Lipinski definition) is 7. The molecule has 1 fully saturated rings. The third-order valence-electron chi connectivity index (χ3n) is 6.21. The van der Waals surface area contributed by atoms with Crippen molar-refractivity contribution in [1.82, 2.24) is 5.32 Å².